The Bertz CT molecular complexity index is 3010. The van der Waals surface area contributed by atoms with Crippen LogP contribution in [0.25, 0.3) is 43.4 Å². The molecule has 0 amide bonds. The monoisotopic (exact) mass is 706 g/mol. The van der Waals surface area contributed by atoms with E-state index in [4.69, 9.17) is 0 Å². The number of hydrogen-bond acceptors (Lipinski definition) is 2. The highest BCUT2D eigenvalue weighted by molar-refractivity contribution is 7.03. The lowest BCUT2D eigenvalue weighted by Crippen LogP contribution is -2.57. The minimum absolute atomic E-state index is 0.0441. The minimum Gasteiger partial charge on any atom is -0.311 e. The summed E-state index contributed by atoms with van der Waals surface area (Å²) in [7, 11) is 0. The summed E-state index contributed by atoms with van der Waals surface area (Å²) in [5, 5.41) is 7.92. The standard InChI is InChI=1S/C52H32B2N2/c1-4-17-33(18-5-1)53-43-30-12-13-31-44(43)55(34-19-6-2-7-20-34)51-40-27-15-26-39-47(40)46-38(49(51)53)25-14-28-41(46)52-50(39)54-42-29-11-10-23-36(42)37-24-16-32-45(48(37)54)56(52)35-21-8-3-9-22-35/h1-32H. The molecule has 4 heteroatoms. The van der Waals surface area contributed by atoms with E-state index in [1.807, 2.05) is 0 Å². The summed E-state index contributed by atoms with van der Waals surface area (Å²) in [5.74, 6) is 0. The Morgan fingerprint density at radius 1 is 0.304 bits per heavy atom. The van der Waals surface area contributed by atoms with Gasteiger partial charge in [0.1, 0.15) is 0 Å². The Balaban J connectivity index is 1.25. The van der Waals surface area contributed by atoms with Crippen LogP contribution in [0.5, 0.6) is 0 Å². The second-order valence-corrected chi connectivity index (χ2v) is 15.5. The summed E-state index contributed by atoms with van der Waals surface area (Å²) in [6.45, 7) is 0.156. The maximum atomic E-state index is 2.58. The van der Waals surface area contributed by atoms with Gasteiger partial charge in [-0.2, -0.15) is 0 Å². The van der Waals surface area contributed by atoms with Crippen molar-refractivity contribution in [1.82, 2.24) is 0 Å². The summed E-state index contributed by atoms with van der Waals surface area (Å²) in [4.78, 5) is 5.13. The maximum Gasteiger partial charge on any atom is 0.249 e. The second-order valence-electron chi connectivity index (χ2n) is 15.5. The highest BCUT2D eigenvalue weighted by Gasteiger charge is 2.45. The molecule has 0 saturated carbocycles. The lowest BCUT2D eigenvalue weighted by molar-refractivity contribution is 1.31. The van der Waals surface area contributed by atoms with Crippen LogP contribution in [0.3, 0.4) is 0 Å². The molecule has 13 rings (SSSR count). The molecule has 10 aromatic rings. The van der Waals surface area contributed by atoms with Crippen molar-refractivity contribution in [3.8, 4) is 11.1 Å². The van der Waals surface area contributed by atoms with Gasteiger partial charge in [-0.25, -0.2) is 0 Å². The molecule has 0 bridgehead atoms. The van der Waals surface area contributed by atoms with Gasteiger partial charge in [-0.3, -0.25) is 0 Å². The topological polar surface area (TPSA) is 6.48 Å². The van der Waals surface area contributed by atoms with Gasteiger partial charge in [0.15, 0.2) is 0 Å². The summed E-state index contributed by atoms with van der Waals surface area (Å²) >= 11 is 0. The number of para-hydroxylation sites is 3. The molecule has 0 unspecified atom stereocenters. The van der Waals surface area contributed by atoms with Crippen LogP contribution in [0.15, 0.2) is 194 Å². The summed E-state index contributed by atoms with van der Waals surface area (Å²) in [6, 6.07) is 72.5. The van der Waals surface area contributed by atoms with Crippen molar-refractivity contribution in [3.05, 3.63) is 194 Å². The van der Waals surface area contributed by atoms with Crippen LogP contribution in [0, 0.1) is 0 Å². The molecule has 2 nitrogen and oxygen atoms in total. The number of fused-ring (bicyclic) bond motifs is 11. The molecule has 0 saturated heterocycles. The quantitative estimate of drug-likeness (QED) is 0.134. The number of benzene rings is 10. The molecule has 3 aliphatic rings. The molecule has 0 fully saturated rings. The van der Waals surface area contributed by atoms with E-state index in [0.717, 1.165) is 0 Å². The third kappa shape index (κ3) is 3.83. The Kier molecular flexibility index (Phi) is 6.09. The Morgan fingerprint density at radius 3 is 1.43 bits per heavy atom. The van der Waals surface area contributed by atoms with E-state index >= 15 is 0 Å². The molecule has 0 radical (unpaired) electrons. The zero-order valence-electron chi connectivity index (χ0n) is 30.5. The van der Waals surface area contributed by atoms with E-state index in [2.05, 4.69) is 204 Å². The van der Waals surface area contributed by atoms with Crippen LogP contribution in [-0.2, 0) is 0 Å². The first-order chi connectivity index (χ1) is 27.9. The smallest absolute Gasteiger partial charge is 0.249 e. The average molecular weight is 706 g/mol. The predicted molar refractivity (Wildman–Crippen MR) is 241 cm³/mol. The molecule has 0 aromatic heterocycles. The molecule has 0 N–H and O–H groups in total. The molecule has 10 aromatic carbocycles. The molecular weight excluding hydrogens is 674 g/mol. The van der Waals surface area contributed by atoms with Crippen LogP contribution in [0.4, 0.5) is 34.1 Å². The van der Waals surface area contributed by atoms with Gasteiger partial charge in [0.05, 0.1) is 0 Å². The normalized spacial score (nSPS) is 13.6. The number of rotatable bonds is 3. The van der Waals surface area contributed by atoms with Crippen LogP contribution in [-0.4, -0.2) is 13.4 Å². The first-order valence-electron chi connectivity index (χ1n) is 19.7. The van der Waals surface area contributed by atoms with Gasteiger partial charge in [-0.15, -0.1) is 0 Å². The van der Waals surface area contributed by atoms with Gasteiger partial charge in [-0.05, 0) is 90.9 Å². The largest absolute Gasteiger partial charge is 0.311 e. The van der Waals surface area contributed by atoms with Crippen LogP contribution in [0.2, 0.25) is 0 Å². The van der Waals surface area contributed by atoms with Gasteiger partial charge in [0.25, 0.3) is 0 Å². The van der Waals surface area contributed by atoms with Crippen molar-refractivity contribution in [3.63, 3.8) is 0 Å². The highest BCUT2D eigenvalue weighted by Crippen LogP contribution is 2.50. The number of hydrogen-bond donors (Lipinski definition) is 0. The van der Waals surface area contributed by atoms with Crippen molar-refractivity contribution in [2.45, 2.75) is 0 Å². The van der Waals surface area contributed by atoms with Gasteiger partial charge >= 0.3 is 0 Å². The second kappa shape index (κ2) is 11.3. The van der Waals surface area contributed by atoms with E-state index in [9.17, 15) is 0 Å². The lowest BCUT2D eigenvalue weighted by atomic mass is 9.34. The van der Waals surface area contributed by atoms with E-state index in [0.29, 0.717) is 0 Å². The zero-order valence-corrected chi connectivity index (χ0v) is 30.5. The number of nitrogens with zero attached hydrogens (tertiary/aromatic N) is 2. The van der Waals surface area contributed by atoms with Crippen molar-refractivity contribution in [1.29, 1.82) is 0 Å². The molecule has 3 heterocycles. The average Bonchev–Trinajstić information content (AvgIpc) is 3.61. The van der Waals surface area contributed by atoms with Crippen LogP contribution in [0.1, 0.15) is 0 Å². The summed E-state index contributed by atoms with van der Waals surface area (Å²) < 4.78 is 0. The van der Waals surface area contributed by atoms with E-state index < -0.39 is 0 Å². The fraction of sp³-hybridized carbons (Fsp3) is 0. The third-order valence-corrected chi connectivity index (χ3v) is 12.8. The zero-order chi connectivity index (χ0) is 36.5. The first-order valence-corrected chi connectivity index (χ1v) is 19.7. The van der Waals surface area contributed by atoms with E-state index in [-0.39, 0.29) is 13.4 Å². The van der Waals surface area contributed by atoms with Gasteiger partial charge in [-0.1, -0.05) is 169 Å². The van der Waals surface area contributed by atoms with E-state index in [1.54, 1.807) is 0 Å². The fourth-order valence-electron chi connectivity index (χ4n) is 10.8. The van der Waals surface area contributed by atoms with Crippen molar-refractivity contribution >= 4 is 113 Å². The maximum absolute atomic E-state index is 2.58. The predicted octanol–water partition coefficient (Wildman–Crippen LogP) is 9.16. The Morgan fingerprint density at radius 2 is 0.768 bits per heavy atom. The van der Waals surface area contributed by atoms with Crippen LogP contribution < -0.4 is 42.6 Å². The summed E-state index contributed by atoms with van der Waals surface area (Å²) in [6.07, 6.45) is 0. The first kappa shape index (κ1) is 30.3. The van der Waals surface area contributed by atoms with E-state index in [1.165, 1.54) is 110 Å². The minimum atomic E-state index is 0.0441. The Labute approximate surface area is 326 Å². The fourth-order valence-corrected chi connectivity index (χ4v) is 10.8. The van der Waals surface area contributed by atoms with Gasteiger partial charge in [0, 0.05) is 44.9 Å². The number of anilines is 6. The van der Waals surface area contributed by atoms with Crippen molar-refractivity contribution in [2.24, 2.45) is 0 Å². The van der Waals surface area contributed by atoms with Crippen LogP contribution >= 0.6 is 0 Å². The molecular formula is C52H32B2N2. The highest BCUT2D eigenvalue weighted by atomic mass is 15.2. The Hall–Kier alpha value is -7.03. The molecule has 0 atom stereocenters. The third-order valence-electron chi connectivity index (χ3n) is 12.8. The molecule has 0 aliphatic carbocycles. The molecule has 256 valence electrons. The van der Waals surface area contributed by atoms with Crippen molar-refractivity contribution in [2.75, 3.05) is 9.80 Å². The van der Waals surface area contributed by atoms with Gasteiger partial charge in [0.2, 0.25) is 13.4 Å². The van der Waals surface area contributed by atoms with Gasteiger partial charge < -0.3 is 9.80 Å². The lowest BCUT2D eigenvalue weighted by Gasteiger charge is -2.41. The van der Waals surface area contributed by atoms with Crippen molar-refractivity contribution < 1.29 is 0 Å². The SMILES string of the molecule is c1ccc(B2c3ccccc3N(c3ccccc3)c3c2c2cccc4c5c(c6cccc3c6c24)B2c3ccccc3-c3cccc(c32)N5c2ccccc2)cc1. The molecule has 56 heavy (non-hydrogen) atoms. The summed E-state index contributed by atoms with van der Waals surface area (Å²) in [5.41, 5.74) is 18.3. The molecule has 3 aliphatic heterocycles. The molecule has 0 spiro atoms.